The van der Waals surface area contributed by atoms with E-state index in [1.807, 2.05) is 24.3 Å². The molecule has 2 aromatic heterocycles. The van der Waals surface area contributed by atoms with Crippen molar-refractivity contribution in [2.45, 2.75) is 24.6 Å². The van der Waals surface area contributed by atoms with Crippen LogP contribution in [-0.2, 0) is 15.7 Å². The van der Waals surface area contributed by atoms with Crippen LogP contribution < -0.4 is 9.72 Å². The van der Waals surface area contributed by atoms with Crippen molar-refractivity contribution in [2.75, 3.05) is 26.4 Å². The third-order valence-corrected chi connectivity index (χ3v) is 5.77. The number of alkyl halides is 3. The van der Waals surface area contributed by atoms with E-state index in [4.69, 9.17) is 14.2 Å². The fourth-order valence-corrected chi connectivity index (χ4v) is 4.04. The average Bonchev–Trinajstić information content (AvgIpc) is 3.46. The van der Waals surface area contributed by atoms with Gasteiger partial charge in [0.05, 0.1) is 25.3 Å². The number of fused-ring (bicyclic) bond motifs is 2. The largest absolute Gasteiger partial charge is 0.491 e. The van der Waals surface area contributed by atoms with Crippen LogP contribution in [0.5, 0.6) is 5.75 Å². The molecule has 0 radical (unpaired) electrons. The Morgan fingerprint density at radius 3 is 2.97 bits per heavy atom. The predicted molar refractivity (Wildman–Crippen MR) is 109 cm³/mol. The molecular formula is C22H22F3N4O3+. The molecule has 168 valence electrons. The fourth-order valence-electron chi connectivity index (χ4n) is 4.04. The minimum Gasteiger partial charge on any atom is -0.491 e. The lowest BCUT2D eigenvalue weighted by molar-refractivity contribution is -0.365. The highest BCUT2D eigenvalue weighted by atomic mass is 19.4. The van der Waals surface area contributed by atoms with Crippen LogP contribution in [-0.4, -0.2) is 48.7 Å². The van der Waals surface area contributed by atoms with E-state index in [1.165, 1.54) is 6.33 Å². The Hall–Kier alpha value is -2.98. The first-order chi connectivity index (χ1) is 15.5. The van der Waals surface area contributed by atoms with Gasteiger partial charge in [0, 0.05) is 18.1 Å². The molecule has 2 aliphatic rings. The van der Waals surface area contributed by atoms with Gasteiger partial charge in [-0.25, -0.2) is 4.98 Å². The van der Waals surface area contributed by atoms with Gasteiger partial charge in [-0.1, -0.05) is 23.2 Å². The van der Waals surface area contributed by atoms with E-state index in [-0.39, 0.29) is 28.9 Å². The summed E-state index contributed by atoms with van der Waals surface area (Å²) in [5.74, 6) is 1.16. The molecule has 1 saturated heterocycles. The summed E-state index contributed by atoms with van der Waals surface area (Å²) in [5.41, 5.74) is 0.169. The first-order valence-electron chi connectivity index (χ1n) is 10.4. The van der Waals surface area contributed by atoms with Crippen molar-refractivity contribution < 1.29 is 32.4 Å². The van der Waals surface area contributed by atoms with E-state index in [1.54, 1.807) is 6.21 Å². The van der Waals surface area contributed by atoms with Crippen molar-refractivity contribution in [3.05, 3.63) is 47.9 Å². The zero-order chi connectivity index (χ0) is 22.1. The summed E-state index contributed by atoms with van der Waals surface area (Å²) in [7, 11) is 0. The molecule has 0 amide bonds. The van der Waals surface area contributed by atoms with Crippen molar-refractivity contribution in [3.63, 3.8) is 0 Å². The topological polar surface area (TPSA) is 82.9 Å². The molecule has 7 nitrogen and oxygen atoms in total. The standard InChI is InChI=1S/C22H21F3N4O3/c23-22(24,25)19-7-15-20(27-12-28-21(15)29-19)26-8-16-14-3-1-2-4-17(14)32-11-18(16)31-10-13-5-6-30-9-13/h1-4,7-8,12-13,16,18H,5-6,9-11H2,(H,27,28,29)/p+1/b26-8+/t13?,16?,18-/m0/s1. The first-order valence-corrected chi connectivity index (χ1v) is 10.4. The third-order valence-electron chi connectivity index (χ3n) is 5.77. The Balaban J connectivity index is 1.44. The van der Waals surface area contributed by atoms with Crippen LogP contribution in [0.3, 0.4) is 0 Å². The molecule has 3 atom stereocenters. The van der Waals surface area contributed by atoms with E-state index in [0.717, 1.165) is 30.4 Å². The number of hydrogen-bond acceptors (Lipinski definition) is 5. The molecule has 2 unspecified atom stereocenters. The lowest BCUT2D eigenvalue weighted by Crippen LogP contribution is -2.35. The molecular weight excluding hydrogens is 425 g/mol. The molecule has 0 aliphatic carbocycles. The normalized spacial score (nSPS) is 23.5. The summed E-state index contributed by atoms with van der Waals surface area (Å²) < 4.78 is 56.8. The number of aromatic amines is 2. The minimum atomic E-state index is -4.50. The number of benzene rings is 1. The monoisotopic (exact) mass is 447 g/mol. The number of aromatic nitrogens is 3. The Morgan fingerprint density at radius 1 is 1.28 bits per heavy atom. The quantitative estimate of drug-likeness (QED) is 0.605. The number of aliphatic imine (C=N–C) groups is 1. The fraction of sp³-hybridized carbons (Fsp3) is 0.409. The maximum atomic E-state index is 13.1. The highest BCUT2D eigenvalue weighted by molar-refractivity contribution is 5.87. The van der Waals surface area contributed by atoms with Crippen molar-refractivity contribution >= 4 is 23.1 Å². The third kappa shape index (κ3) is 4.20. The van der Waals surface area contributed by atoms with Crippen molar-refractivity contribution in [3.8, 4) is 5.75 Å². The van der Waals surface area contributed by atoms with Crippen LogP contribution in [0.4, 0.5) is 19.0 Å². The molecule has 3 aromatic rings. The summed E-state index contributed by atoms with van der Waals surface area (Å²) in [6, 6.07) is 8.65. The number of halogens is 3. The van der Waals surface area contributed by atoms with Gasteiger partial charge in [0.1, 0.15) is 29.5 Å². The number of H-pyrrole nitrogens is 2. The van der Waals surface area contributed by atoms with Gasteiger partial charge in [0.25, 0.3) is 5.82 Å². The summed E-state index contributed by atoms with van der Waals surface area (Å²) in [4.78, 5) is 13.6. The van der Waals surface area contributed by atoms with E-state index in [0.29, 0.717) is 25.7 Å². The minimum absolute atomic E-state index is 0.115. The Kier molecular flexibility index (Phi) is 5.56. The van der Waals surface area contributed by atoms with Gasteiger partial charge in [-0.05, 0) is 18.6 Å². The number of ether oxygens (including phenoxy) is 3. The summed E-state index contributed by atoms with van der Waals surface area (Å²) in [6.07, 6.45) is -0.782. The number of hydrogen-bond donors (Lipinski definition) is 1. The van der Waals surface area contributed by atoms with Gasteiger partial charge in [-0.15, -0.1) is 4.99 Å². The molecule has 0 spiro atoms. The molecule has 1 fully saturated rings. The lowest BCUT2D eigenvalue weighted by Gasteiger charge is -2.31. The van der Waals surface area contributed by atoms with Crippen LogP contribution in [0.15, 0.2) is 41.7 Å². The van der Waals surface area contributed by atoms with Gasteiger partial charge < -0.3 is 19.2 Å². The molecule has 2 N–H and O–H groups in total. The van der Waals surface area contributed by atoms with E-state index in [9.17, 15) is 13.2 Å². The molecule has 5 rings (SSSR count). The van der Waals surface area contributed by atoms with Crippen molar-refractivity contribution in [1.29, 1.82) is 0 Å². The van der Waals surface area contributed by atoms with Crippen LogP contribution in [0.2, 0.25) is 0 Å². The van der Waals surface area contributed by atoms with Gasteiger partial charge in [-0.3, -0.25) is 0 Å². The highest BCUT2D eigenvalue weighted by Crippen LogP contribution is 2.36. The maximum Gasteiger partial charge on any atom is 0.431 e. The molecule has 4 heterocycles. The Labute approximate surface area is 181 Å². The summed E-state index contributed by atoms with van der Waals surface area (Å²) in [6.45, 7) is 2.34. The number of para-hydroxylation sites is 1. The summed E-state index contributed by atoms with van der Waals surface area (Å²) in [5, 5.41) is 0.261. The smallest absolute Gasteiger partial charge is 0.431 e. The molecule has 1 aromatic carbocycles. The van der Waals surface area contributed by atoms with Crippen molar-refractivity contribution in [1.82, 2.24) is 9.97 Å². The Morgan fingerprint density at radius 2 is 2.16 bits per heavy atom. The van der Waals surface area contributed by atoms with Gasteiger partial charge >= 0.3 is 6.18 Å². The van der Waals surface area contributed by atoms with Crippen molar-refractivity contribution in [2.24, 2.45) is 10.9 Å². The average molecular weight is 447 g/mol. The SMILES string of the molecule is FC(F)(F)c1cc2c(/N=C/C3c4ccccc4OC[C@@H]3OCC3CCOC3)[nH+]cnc2[nH]1. The molecule has 32 heavy (non-hydrogen) atoms. The van der Waals surface area contributed by atoms with Crippen LogP contribution in [0.1, 0.15) is 23.6 Å². The predicted octanol–water partition coefficient (Wildman–Crippen LogP) is 3.70. The number of rotatable bonds is 5. The Bertz CT molecular complexity index is 1130. The van der Waals surface area contributed by atoms with Gasteiger partial charge in [0.15, 0.2) is 0 Å². The zero-order valence-electron chi connectivity index (χ0n) is 17.1. The van der Waals surface area contributed by atoms with E-state index < -0.39 is 11.9 Å². The molecule has 2 aliphatic heterocycles. The first kappa shape index (κ1) is 20.9. The van der Waals surface area contributed by atoms with Gasteiger partial charge in [0.2, 0.25) is 12.0 Å². The zero-order valence-corrected chi connectivity index (χ0v) is 17.1. The molecule has 0 saturated carbocycles. The maximum absolute atomic E-state index is 13.1. The van der Waals surface area contributed by atoms with E-state index in [2.05, 4.69) is 19.9 Å². The summed E-state index contributed by atoms with van der Waals surface area (Å²) >= 11 is 0. The number of nitrogens with zero attached hydrogens (tertiary/aromatic N) is 2. The second-order valence-corrected chi connectivity index (χ2v) is 7.95. The lowest BCUT2D eigenvalue weighted by atomic mass is 9.91. The van der Waals surface area contributed by atoms with E-state index >= 15 is 0 Å². The second kappa shape index (κ2) is 8.51. The van der Waals surface area contributed by atoms with Crippen LogP contribution in [0.25, 0.3) is 11.0 Å². The van der Waals surface area contributed by atoms with Gasteiger partial charge in [-0.2, -0.15) is 13.2 Å². The van der Waals surface area contributed by atoms with Crippen LogP contribution >= 0.6 is 0 Å². The molecule has 0 bridgehead atoms. The molecule has 10 heteroatoms. The van der Waals surface area contributed by atoms with Crippen LogP contribution in [0, 0.1) is 5.92 Å². The highest BCUT2D eigenvalue weighted by Gasteiger charge is 2.35. The second-order valence-electron chi connectivity index (χ2n) is 7.95. The number of nitrogens with one attached hydrogen (secondary N) is 2.